The number of aliphatic carboxylic acids is 1. The van der Waals surface area contributed by atoms with Gasteiger partial charge in [0.25, 0.3) is 0 Å². The summed E-state index contributed by atoms with van der Waals surface area (Å²) in [5.41, 5.74) is 9.17. The molecule has 3 N–H and O–H groups in total. The fourth-order valence-corrected chi connectivity index (χ4v) is 4.71. The predicted molar refractivity (Wildman–Crippen MR) is 126 cm³/mol. The van der Waals surface area contributed by atoms with Crippen LogP contribution in [0.3, 0.4) is 0 Å². The second-order valence-corrected chi connectivity index (χ2v) is 8.66. The van der Waals surface area contributed by atoms with Crippen LogP contribution in [0.4, 0.5) is 14.5 Å². The third kappa shape index (κ3) is 4.57. The number of halogens is 2. The van der Waals surface area contributed by atoms with Crippen molar-refractivity contribution in [2.45, 2.75) is 37.9 Å². The van der Waals surface area contributed by atoms with Crippen molar-refractivity contribution in [2.24, 2.45) is 5.73 Å². The molecule has 1 atom stereocenters. The number of rotatable bonds is 5. The van der Waals surface area contributed by atoms with E-state index in [1.165, 1.54) is 12.1 Å². The average molecular weight is 482 g/mol. The van der Waals surface area contributed by atoms with E-state index < -0.39 is 29.5 Å². The first-order valence-corrected chi connectivity index (χ1v) is 11.4. The first kappa shape index (κ1) is 22.9. The Bertz CT molecular complexity index is 1230. The van der Waals surface area contributed by atoms with Crippen molar-refractivity contribution in [2.75, 3.05) is 16.6 Å². The second-order valence-electron chi connectivity index (χ2n) is 8.66. The van der Waals surface area contributed by atoms with Gasteiger partial charge in [0.1, 0.15) is 18.6 Å². The van der Waals surface area contributed by atoms with Crippen LogP contribution in [-0.2, 0) is 4.79 Å². The highest BCUT2D eigenvalue weighted by atomic mass is 19.1. The van der Waals surface area contributed by atoms with Crippen LogP contribution in [-0.4, -0.2) is 33.7 Å². The predicted octanol–water partition coefficient (Wildman–Crippen LogP) is 4.28. The van der Waals surface area contributed by atoms with Crippen molar-refractivity contribution in [3.63, 3.8) is 0 Å². The van der Waals surface area contributed by atoms with Crippen LogP contribution in [0.25, 0.3) is 0 Å². The number of hydrogen-bond acceptors (Lipinski definition) is 6. The largest absolute Gasteiger partial charge is 0.478 e. The molecule has 1 unspecified atom stereocenters. The van der Waals surface area contributed by atoms with Crippen molar-refractivity contribution >= 4 is 11.7 Å². The van der Waals surface area contributed by atoms with E-state index in [4.69, 9.17) is 15.6 Å². The number of hydrogen-bond donors (Lipinski definition) is 2. The molecule has 0 radical (unpaired) electrons. The summed E-state index contributed by atoms with van der Waals surface area (Å²) < 4.78 is 33.3. The molecule has 35 heavy (non-hydrogen) atoms. The molecule has 10 heteroatoms. The molecule has 182 valence electrons. The first-order valence-electron chi connectivity index (χ1n) is 11.4. The smallest absolute Gasteiger partial charge is 0.328 e. The average Bonchev–Trinajstić information content (AvgIpc) is 3.33. The third-order valence-corrected chi connectivity index (χ3v) is 6.49. The van der Waals surface area contributed by atoms with Gasteiger partial charge in [-0.15, -0.1) is 0 Å². The summed E-state index contributed by atoms with van der Waals surface area (Å²) in [4.78, 5) is 14.9. The number of benzene rings is 2. The van der Waals surface area contributed by atoms with Gasteiger partial charge in [-0.3, -0.25) is 5.01 Å². The van der Waals surface area contributed by atoms with Crippen LogP contribution in [0.1, 0.15) is 37.5 Å². The Balaban J connectivity index is 1.35. The topological polar surface area (TPSA) is 96.9 Å². The number of para-hydroxylation sites is 1. The maximum atomic E-state index is 13.9. The lowest BCUT2D eigenvalue weighted by molar-refractivity contribution is -0.131. The molecule has 8 nitrogen and oxygen atoms in total. The minimum Gasteiger partial charge on any atom is -0.478 e. The highest BCUT2D eigenvalue weighted by Crippen LogP contribution is 2.34. The maximum Gasteiger partial charge on any atom is 0.328 e. The lowest BCUT2D eigenvalue weighted by atomic mass is 9.90. The van der Waals surface area contributed by atoms with Crippen molar-refractivity contribution in [3.8, 4) is 11.5 Å². The summed E-state index contributed by atoms with van der Waals surface area (Å²) in [6, 6.07) is 12.5. The van der Waals surface area contributed by atoms with Crippen LogP contribution in [0.15, 0.2) is 66.4 Å². The Kier molecular flexibility index (Phi) is 6.12. The fourth-order valence-electron chi connectivity index (χ4n) is 4.71. The van der Waals surface area contributed by atoms with E-state index in [1.54, 1.807) is 30.5 Å². The van der Waals surface area contributed by atoms with E-state index >= 15 is 0 Å². The number of anilines is 1. The Morgan fingerprint density at radius 2 is 1.77 bits per heavy atom. The zero-order valence-electron chi connectivity index (χ0n) is 18.8. The minimum absolute atomic E-state index is 0.168. The van der Waals surface area contributed by atoms with Gasteiger partial charge in [-0.05, 0) is 68.1 Å². The van der Waals surface area contributed by atoms with E-state index in [2.05, 4.69) is 10.1 Å². The molecule has 0 saturated heterocycles. The number of nitrogens with two attached hydrogens (primary N) is 1. The Hall–Kier alpha value is -3.92. The quantitative estimate of drug-likeness (QED) is 0.525. The molecular weight excluding hydrogens is 456 g/mol. The standard InChI is InChI=1S/C25H25F2N5O3/c26-20-2-1-3-21(27)24(20)35-19-10-8-17(9-11-19)30-15-31(32-22(25(30)28)12-13-29-32)18-6-4-16(5-7-18)14-23(33)34/h1-3,8-14,18,25H,4-7,15,28H2,(H,33,34). The second kappa shape index (κ2) is 9.38. The number of fused-ring (bicyclic) bond motifs is 1. The number of carboxylic acid groups (broad SMARTS) is 1. The van der Waals surface area contributed by atoms with Crippen LogP contribution in [0.2, 0.25) is 0 Å². The van der Waals surface area contributed by atoms with Gasteiger partial charge in [0, 0.05) is 17.8 Å². The number of carbonyl (C=O) groups is 1. The summed E-state index contributed by atoms with van der Waals surface area (Å²) in [6.45, 7) is 0.473. The van der Waals surface area contributed by atoms with Crippen molar-refractivity contribution in [1.29, 1.82) is 0 Å². The number of allylic oxidation sites excluding steroid dienone is 1. The summed E-state index contributed by atoms with van der Waals surface area (Å²) in [5.74, 6) is -2.60. The maximum absolute atomic E-state index is 13.9. The number of ether oxygens (including phenoxy) is 1. The fraction of sp³-hybridized carbons (Fsp3) is 0.280. The highest BCUT2D eigenvalue weighted by molar-refractivity contribution is 5.80. The van der Waals surface area contributed by atoms with Crippen molar-refractivity contribution in [3.05, 3.63) is 83.7 Å². The first-order chi connectivity index (χ1) is 16.9. The van der Waals surface area contributed by atoms with Crippen LogP contribution >= 0.6 is 0 Å². The van der Waals surface area contributed by atoms with Gasteiger partial charge in [0.2, 0.25) is 0 Å². The Morgan fingerprint density at radius 1 is 1.09 bits per heavy atom. The number of carboxylic acids is 1. The molecule has 1 aliphatic carbocycles. The number of aromatic nitrogens is 2. The van der Waals surface area contributed by atoms with E-state index in [9.17, 15) is 13.6 Å². The monoisotopic (exact) mass is 481 g/mol. The molecule has 1 fully saturated rings. The van der Waals surface area contributed by atoms with Gasteiger partial charge in [-0.2, -0.15) is 9.89 Å². The van der Waals surface area contributed by atoms with Gasteiger partial charge >= 0.3 is 5.97 Å². The molecule has 2 heterocycles. The molecule has 0 bridgehead atoms. The van der Waals surface area contributed by atoms with E-state index in [0.29, 0.717) is 12.4 Å². The lowest BCUT2D eigenvalue weighted by Crippen LogP contribution is -2.58. The zero-order chi connectivity index (χ0) is 24.5. The van der Waals surface area contributed by atoms with Crippen LogP contribution in [0, 0.1) is 11.6 Å². The van der Waals surface area contributed by atoms with E-state index in [0.717, 1.165) is 54.8 Å². The van der Waals surface area contributed by atoms with Gasteiger partial charge < -0.3 is 20.5 Å². The van der Waals surface area contributed by atoms with Gasteiger partial charge in [-0.1, -0.05) is 11.6 Å². The van der Waals surface area contributed by atoms with Gasteiger partial charge in [0.05, 0.1) is 11.9 Å². The summed E-state index contributed by atoms with van der Waals surface area (Å²) in [6.07, 6.45) is 5.62. The summed E-state index contributed by atoms with van der Waals surface area (Å²) >= 11 is 0. The molecule has 2 aliphatic rings. The third-order valence-electron chi connectivity index (χ3n) is 6.49. The Morgan fingerprint density at radius 3 is 2.43 bits per heavy atom. The van der Waals surface area contributed by atoms with Crippen LogP contribution in [0.5, 0.6) is 11.5 Å². The lowest BCUT2D eigenvalue weighted by Gasteiger charge is -2.46. The zero-order valence-corrected chi connectivity index (χ0v) is 18.8. The van der Waals surface area contributed by atoms with Crippen molar-refractivity contribution < 1.29 is 23.4 Å². The molecule has 1 aromatic heterocycles. The van der Waals surface area contributed by atoms with E-state index in [1.807, 2.05) is 15.8 Å². The normalized spacial score (nSPS) is 19.9. The highest BCUT2D eigenvalue weighted by Gasteiger charge is 2.34. The molecule has 0 spiro atoms. The molecule has 3 aromatic rings. The molecule has 0 amide bonds. The molecule has 1 saturated carbocycles. The van der Waals surface area contributed by atoms with E-state index in [-0.39, 0.29) is 6.04 Å². The molecule has 2 aromatic carbocycles. The van der Waals surface area contributed by atoms with Gasteiger partial charge in [-0.25, -0.2) is 13.6 Å². The SMILES string of the molecule is NC1c2ccnn2N(C2CCC(=CC(=O)O)CC2)CN1c1ccc(Oc2c(F)cccc2F)cc1. The van der Waals surface area contributed by atoms with Crippen LogP contribution < -0.4 is 20.4 Å². The van der Waals surface area contributed by atoms with Crippen molar-refractivity contribution in [1.82, 2.24) is 9.89 Å². The summed E-state index contributed by atoms with van der Waals surface area (Å²) in [7, 11) is 0. The molecule has 5 rings (SSSR count). The summed E-state index contributed by atoms with van der Waals surface area (Å²) in [5, 5.41) is 15.7. The van der Waals surface area contributed by atoms with Gasteiger partial charge in [0.15, 0.2) is 17.4 Å². The molecule has 1 aliphatic heterocycles. The molecular formula is C25H25F2N5O3. The Labute approximate surface area is 200 Å². The number of nitrogens with zero attached hydrogens (tertiary/aromatic N) is 4. The minimum atomic E-state index is -0.909.